The van der Waals surface area contributed by atoms with Gasteiger partial charge in [0.2, 0.25) is 41.4 Å². The molecule has 0 saturated carbocycles. The van der Waals surface area contributed by atoms with E-state index in [0.717, 1.165) is 0 Å². The Balaban J connectivity index is 3.53. The van der Waals surface area contributed by atoms with Gasteiger partial charge in [0.25, 0.3) is 0 Å². The third-order valence-corrected chi connectivity index (χ3v) is 9.69. The van der Waals surface area contributed by atoms with E-state index in [4.69, 9.17) is 16.6 Å². The van der Waals surface area contributed by atoms with Crippen LogP contribution >= 0.6 is 0 Å². The molecule has 1 rings (SSSR count). The maximum absolute atomic E-state index is 13.9. The lowest BCUT2D eigenvalue weighted by atomic mass is 10.00. The fourth-order valence-corrected chi connectivity index (χ4v) is 6.26. The highest BCUT2D eigenvalue weighted by Gasteiger charge is 2.37. The summed E-state index contributed by atoms with van der Waals surface area (Å²) in [6, 6.07) is -10.1. The molecule has 0 bridgehead atoms. The highest BCUT2D eigenvalue weighted by molar-refractivity contribution is 6.00. The van der Waals surface area contributed by atoms with Crippen molar-refractivity contribution >= 4 is 77.2 Å². The number of hydrogen-bond donors (Lipinski definition) is 16. The molecule has 0 aromatic heterocycles. The molecule has 1 aromatic rings. The number of phenols is 1. The summed E-state index contributed by atoms with van der Waals surface area (Å²) in [6.07, 6.45) is -6.02. The zero-order chi connectivity index (χ0) is 53.4. The highest BCUT2D eigenvalue weighted by atomic mass is 16.4. The lowest BCUT2D eigenvalue weighted by Crippen LogP contribution is -2.61. The van der Waals surface area contributed by atoms with Crippen molar-refractivity contribution in [2.75, 3.05) is 6.54 Å². The molecule has 0 radical (unpaired) electrons. The van der Waals surface area contributed by atoms with Gasteiger partial charge in [0.1, 0.15) is 48.0 Å². The van der Waals surface area contributed by atoms with Gasteiger partial charge in [0.05, 0.1) is 38.1 Å². The molecule has 0 aliphatic carbocycles. The highest BCUT2D eigenvalue weighted by Crippen LogP contribution is 2.14. The molecule has 0 spiro atoms. The van der Waals surface area contributed by atoms with Crippen molar-refractivity contribution in [2.45, 2.75) is 126 Å². The van der Waals surface area contributed by atoms with Crippen LogP contribution in [-0.4, -0.2) is 168 Å². The van der Waals surface area contributed by atoms with E-state index in [-0.39, 0.29) is 43.0 Å². The molecule has 29 nitrogen and oxygen atoms in total. The molecule has 29 heteroatoms. The van der Waals surface area contributed by atoms with E-state index in [1.807, 2.05) is 16.0 Å². The standard InChI is InChI=1S/C41H59N9O20/c1-18(2)11-23(45-34(62)21(43)13-29(52)53)35(63)46-24(12-19-6-8-20(51)9-7-19)36(64)47-26(15-31(56)57)38(66)49-28(17-33(60)61)40(68)50-27(16-32(58)59)39(67)48-25(14-30(54)55)37(65)44-22(41(69)70)5-3-4-10-42/h6-9,18,21-28,51H,3-5,10-17,42-43H2,1-2H3,(H,44,65)(H,45,62)(H,46,63)(H,47,64)(H,48,67)(H,49,66)(H,50,68)(H,52,53)(H,54,55)(H,56,57)(H,58,59)(H,60,61)(H,69,70)/t21-,22-,23-,24-,25-,26-,27-,28-/m0/s1. The predicted molar refractivity (Wildman–Crippen MR) is 235 cm³/mol. The van der Waals surface area contributed by atoms with Crippen molar-refractivity contribution in [1.29, 1.82) is 0 Å². The first-order valence-corrected chi connectivity index (χ1v) is 21.3. The SMILES string of the molecule is CC(C)C[C@H](NC(=O)[C@@H](N)CC(=O)O)C(=O)N[C@@H](Cc1ccc(O)cc1)C(=O)N[C@@H](CC(=O)O)C(=O)N[C@@H](CC(=O)O)C(=O)N[C@@H](CC(=O)O)C(=O)N[C@@H](CC(=O)O)C(=O)N[C@@H](CCCCN)C(=O)O. The lowest BCUT2D eigenvalue weighted by Gasteiger charge is -2.27. The molecule has 18 N–H and O–H groups in total. The van der Waals surface area contributed by atoms with Gasteiger partial charge in [0, 0.05) is 6.42 Å². The number of carboxylic acids is 6. The average molecular weight is 998 g/mol. The molecule has 70 heavy (non-hydrogen) atoms. The van der Waals surface area contributed by atoms with Gasteiger partial charge in [-0.15, -0.1) is 0 Å². The summed E-state index contributed by atoms with van der Waals surface area (Å²) in [6.45, 7) is 3.49. The number of benzene rings is 1. The smallest absolute Gasteiger partial charge is 0.326 e. The van der Waals surface area contributed by atoms with Gasteiger partial charge >= 0.3 is 35.8 Å². The fraction of sp³-hybridized carbons (Fsp3) is 0.537. The van der Waals surface area contributed by atoms with Crippen LogP contribution in [0.1, 0.15) is 77.2 Å². The number of unbranched alkanes of at least 4 members (excludes halogenated alkanes) is 1. The molecule has 0 aliphatic rings. The van der Waals surface area contributed by atoms with Crippen LogP contribution in [0, 0.1) is 5.92 Å². The Morgan fingerprint density at radius 1 is 0.457 bits per heavy atom. The van der Waals surface area contributed by atoms with Gasteiger partial charge in [-0.2, -0.15) is 0 Å². The quantitative estimate of drug-likeness (QED) is 0.0294. The van der Waals surface area contributed by atoms with Crippen LogP contribution in [0.4, 0.5) is 0 Å². The van der Waals surface area contributed by atoms with Crippen LogP contribution in [0.5, 0.6) is 5.75 Å². The van der Waals surface area contributed by atoms with Gasteiger partial charge in [0.15, 0.2) is 0 Å². The number of hydrogen-bond acceptors (Lipinski definition) is 16. The summed E-state index contributed by atoms with van der Waals surface area (Å²) < 4.78 is 0. The van der Waals surface area contributed by atoms with Gasteiger partial charge in [-0.3, -0.25) is 57.5 Å². The number of carbonyl (C=O) groups is 13. The summed E-state index contributed by atoms with van der Waals surface area (Å²) in [7, 11) is 0. The van der Waals surface area contributed by atoms with Gasteiger partial charge in [-0.1, -0.05) is 26.0 Å². The van der Waals surface area contributed by atoms with E-state index in [1.54, 1.807) is 13.8 Å². The minimum absolute atomic E-state index is 0.0849. The molecular weight excluding hydrogens is 938 g/mol. The van der Waals surface area contributed by atoms with Crippen LogP contribution in [0.15, 0.2) is 24.3 Å². The van der Waals surface area contributed by atoms with Crippen molar-refractivity contribution in [3.05, 3.63) is 29.8 Å². The predicted octanol–water partition coefficient (Wildman–Crippen LogP) is -4.71. The number of aliphatic carboxylic acids is 6. The molecule has 0 unspecified atom stereocenters. The second kappa shape index (κ2) is 29.7. The molecule has 8 atom stereocenters. The first-order valence-electron chi connectivity index (χ1n) is 21.3. The van der Waals surface area contributed by atoms with Crippen molar-refractivity contribution in [3.8, 4) is 5.75 Å². The van der Waals surface area contributed by atoms with Crippen LogP contribution in [0.2, 0.25) is 0 Å². The molecule has 0 fully saturated rings. The topological polar surface area (TPSA) is 500 Å². The lowest BCUT2D eigenvalue weighted by molar-refractivity contribution is -0.145. The summed E-state index contributed by atoms with van der Waals surface area (Å²) in [4.78, 5) is 164. The largest absolute Gasteiger partial charge is 0.508 e. The molecular formula is C41H59N9O20. The minimum atomic E-state index is -2.29. The second-order valence-corrected chi connectivity index (χ2v) is 16.1. The third kappa shape index (κ3) is 23.2. The monoisotopic (exact) mass is 997 g/mol. The van der Waals surface area contributed by atoms with Gasteiger partial charge in [-0.25, -0.2) is 4.79 Å². The number of nitrogens with one attached hydrogen (secondary N) is 7. The zero-order valence-electron chi connectivity index (χ0n) is 37.9. The first kappa shape index (κ1) is 60.1. The Bertz CT molecular complexity index is 2080. The van der Waals surface area contributed by atoms with Gasteiger partial charge < -0.3 is 84.4 Å². The fourth-order valence-electron chi connectivity index (χ4n) is 6.26. The van der Waals surface area contributed by atoms with E-state index in [2.05, 4.69) is 21.3 Å². The van der Waals surface area contributed by atoms with E-state index in [1.165, 1.54) is 24.3 Å². The normalized spacial score (nSPS) is 14.3. The Morgan fingerprint density at radius 3 is 1.13 bits per heavy atom. The van der Waals surface area contributed by atoms with E-state index >= 15 is 0 Å². The van der Waals surface area contributed by atoms with E-state index in [9.17, 15) is 93.0 Å². The van der Waals surface area contributed by atoms with Crippen molar-refractivity contribution in [2.24, 2.45) is 17.4 Å². The molecule has 0 aliphatic heterocycles. The molecule has 1 aromatic carbocycles. The summed E-state index contributed by atoms with van der Waals surface area (Å²) in [5.74, 6) is -19.9. The number of phenolic OH excluding ortho intramolecular Hbond substituents is 1. The maximum Gasteiger partial charge on any atom is 0.326 e. The Hall–Kier alpha value is -7.95. The number of amides is 7. The minimum Gasteiger partial charge on any atom is -0.508 e. The molecule has 0 saturated heterocycles. The molecule has 388 valence electrons. The van der Waals surface area contributed by atoms with Crippen molar-refractivity contribution in [3.63, 3.8) is 0 Å². The zero-order valence-corrected chi connectivity index (χ0v) is 37.9. The Labute approximate surface area is 397 Å². The first-order chi connectivity index (χ1) is 32.6. The molecule has 7 amide bonds. The number of carbonyl (C=O) groups excluding carboxylic acids is 7. The van der Waals surface area contributed by atoms with Crippen LogP contribution in [0.25, 0.3) is 0 Å². The Morgan fingerprint density at radius 2 is 0.786 bits per heavy atom. The summed E-state index contributed by atoms with van der Waals surface area (Å²) in [5, 5.41) is 81.1. The number of rotatable bonds is 33. The van der Waals surface area contributed by atoms with E-state index < -0.39 is 164 Å². The Kier molecular flexibility index (Phi) is 25.5. The van der Waals surface area contributed by atoms with E-state index in [0.29, 0.717) is 6.42 Å². The van der Waals surface area contributed by atoms with Crippen LogP contribution in [0.3, 0.4) is 0 Å². The molecule has 0 heterocycles. The van der Waals surface area contributed by atoms with Crippen molar-refractivity contribution < 1.29 is 98.1 Å². The number of carboxylic acid groups (broad SMARTS) is 6. The summed E-state index contributed by atoms with van der Waals surface area (Å²) in [5.41, 5.74) is 11.3. The average Bonchev–Trinajstić information content (AvgIpc) is 3.23. The van der Waals surface area contributed by atoms with Crippen LogP contribution in [-0.2, 0) is 68.7 Å². The maximum atomic E-state index is 13.9. The third-order valence-electron chi connectivity index (χ3n) is 9.69. The van der Waals surface area contributed by atoms with Crippen molar-refractivity contribution in [1.82, 2.24) is 37.2 Å². The van der Waals surface area contributed by atoms with Gasteiger partial charge in [-0.05, 0) is 55.8 Å². The number of aromatic hydroxyl groups is 1. The summed E-state index contributed by atoms with van der Waals surface area (Å²) >= 11 is 0. The van der Waals surface area contributed by atoms with Crippen LogP contribution < -0.4 is 48.7 Å². The number of nitrogens with two attached hydrogens (primary N) is 2. The second-order valence-electron chi connectivity index (χ2n) is 16.1.